The van der Waals surface area contributed by atoms with Crippen LogP contribution in [-0.4, -0.2) is 10.8 Å². The molecule has 0 aliphatic carbocycles. The van der Waals surface area contributed by atoms with Crippen LogP contribution < -0.4 is 0 Å². The molecule has 1 aromatic rings. The summed E-state index contributed by atoms with van der Waals surface area (Å²) in [5, 5.41) is 0. The van der Waals surface area contributed by atoms with Gasteiger partial charge in [-0.25, -0.2) is 0 Å². The number of alkyl halides is 1. The fraction of sp³-hybridized carbons (Fsp3) is 0.250. The molecule has 2 nitrogen and oxygen atoms in total. The molecule has 0 amide bonds. The Kier molecular flexibility index (Phi) is 2.76. The molecule has 58 valence electrons. The minimum atomic E-state index is -0.189. The molecule has 0 bridgehead atoms. The number of ketones is 1. The van der Waals surface area contributed by atoms with Crippen LogP contribution in [0.5, 0.6) is 0 Å². The Morgan fingerprint density at radius 3 is 2.55 bits per heavy atom. The van der Waals surface area contributed by atoms with E-state index in [1.807, 2.05) is 12.1 Å². The molecule has 1 aromatic heterocycles. The summed E-state index contributed by atoms with van der Waals surface area (Å²) < 4.78 is 0. The van der Waals surface area contributed by atoms with Gasteiger partial charge in [0.15, 0.2) is 0 Å². The van der Waals surface area contributed by atoms with E-state index in [0.29, 0.717) is 0 Å². The van der Waals surface area contributed by atoms with Crippen LogP contribution in [0.4, 0.5) is 0 Å². The van der Waals surface area contributed by atoms with Gasteiger partial charge in [-0.3, -0.25) is 9.78 Å². The predicted octanol–water partition coefficient (Wildman–Crippen LogP) is 2.11. The first-order valence-electron chi connectivity index (χ1n) is 3.26. The van der Waals surface area contributed by atoms with Crippen molar-refractivity contribution in [2.75, 3.05) is 0 Å². The lowest BCUT2D eigenvalue weighted by Gasteiger charge is -2.03. The lowest BCUT2D eigenvalue weighted by atomic mass is 10.1. The zero-order chi connectivity index (χ0) is 8.27. The molecule has 1 heterocycles. The number of nitrogens with zero attached hydrogens (tertiary/aromatic N) is 1. The van der Waals surface area contributed by atoms with Gasteiger partial charge in [0, 0.05) is 12.4 Å². The summed E-state index contributed by atoms with van der Waals surface area (Å²) in [5.41, 5.74) is 0.951. The minimum Gasteiger partial charge on any atom is -0.298 e. The van der Waals surface area contributed by atoms with Gasteiger partial charge in [0.1, 0.15) is 5.78 Å². The summed E-state index contributed by atoms with van der Waals surface area (Å²) >= 11 is 3.27. The second-order valence-electron chi connectivity index (χ2n) is 2.25. The third-order valence-corrected chi connectivity index (χ3v) is 2.53. The van der Waals surface area contributed by atoms with E-state index in [2.05, 4.69) is 20.9 Å². The van der Waals surface area contributed by atoms with Crippen molar-refractivity contribution in [3.63, 3.8) is 0 Å². The third-order valence-electron chi connectivity index (χ3n) is 1.36. The van der Waals surface area contributed by atoms with E-state index in [4.69, 9.17) is 0 Å². The van der Waals surface area contributed by atoms with Gasteiger partial charge in [0.25, 0.3) is 0 Å². The molecule has 0 saturated carbocycles. The molecule has 0 fully saturated rings. The molecule has 0 radical (unpaired) electrons. The SMILES string of the molecule is CC(=O)C(Br)c1ccncc1. The van der Waals surface area contributed by atoms with Gasteiger partial charge in [-0.2, -0.15) is 0 Å². The first kappa shape index (κ1) is 8.40. The number of rotatable bonds is 2. The van der Waals surface area contributed by atoms with Gasteiger partial charge >= 0.3 is 0 Å². The smallest absolute Gasteiger partial charge is 0.147 e. The highest BCUT2D eigenvalue weighted by molar-refractivity contribution is 9.09. The van der Waals surface area contributed by atoms with Crippen LogP contribution in [-0.2, 0) is 4.79 Å². The molecule has 11 heavy (non-hydrogen) atoms. The topological polar surface area (TPSA) is 30.0 Å². The standard InChI is InChI=1S/C8H8BrNO/c1-6(11)8(9)7-2-4-10-5-3-7/h2-5,8H,1H3. The number of hydrogen-bond donors (Lipinski definition) is 0. The average Bonchev–Trinajstić information content (AvgIpc) is 2.05. The van der Waals surface area contributed by atoms with Crippen molar-refractivity contribution in [3.8, 4) is 0 Å². The van der Waals surface area contributed by atoms with Crippen LogP contribution >= 0.6 is 15.9 Å². The largest absolute Gasteiger partial charge is 0.298 e. The molecule has 0 spiro atoms. The van der Waals surface area contributed by atoms with Crippen LogP contribution in [0.2, 0.25) is 0 Å². The van der Waals surface area contributed by atoms with Crippen molar-refractivity contribution in [2.45, 2.75) is 11.8 Å². The minimum absolute atomic E-state index is 0.108. The average molecular weight is 214 g/mol. The molecule has 1 unspecified atom stereocenters. The number of pyridine rings is 1. The van der Waals surface area contributed by atoms with Crippen molar-refractivity contribution in [1.29, 1.82) is 0 Å². The second kappa shape index (κ2) is 3.62. The molecular formula is C8H8BrNO. The zero-order valence-electron chi connectivity index (χ0n) is 6.12. The third kappa shape index (κ3) is 2.12. The van der Waals surface area contributed by atoms with E-state index in [1.165, 1.54) is 0 Å². The quantitative estimate of drug-likeness (QED) is 0.705. The number of Topliss-reactive ketones (excluding diaryl/α,β-unsaturated/α-hetero) is 1. The van der Waals surface area contributed by atoms with Crippen molar-refractivity contribution < 1.29 is 4.79 Å². The first-order valence-corrected chi connectivity index (χ1v) is 4.18. The van der Waals surface area contributed by atoms with Gasteiger partial charge in [0.2, 0.25) is 0 Å². The number of aromatic nitrogens is 1. The number of halogens is 1. The van der Waals surface area contributed by atoms with Crippen LogP contribution in [0.1, 0.15) is 17.3 Å². The Morgan fingerprint density at radius 2 is 2.09 bits per heavy atom. The Balaban J connectivity index is 2.85. The molecule has 1 atom stereocenters. The van der Waals surface area contributed by atoms with Gasteiger partial charge < -0.3 is 0 Å². The van der Waals surface area contributed by atoms with E-state index in [0.717, 1.165) is 5.56 Å². The fourth-order valence-electron chi connectivity index (χ4n) is 0.767. The molecule has 0 aromatic carbocycles. The van der Waals surface area contributed by atoms with Gasteiger partial charge in [-0.15, -0.1) is 0 Å². The highest BCUT2D eigenvalue weighted by Crippen LogP contribution is 2.22. The van der Waals surface area contributed by atoms with E-state index in [-0.39, 0.29) is 10.6 Å². The summed E-state index contributed by atoms with van der Waals surface area (Å²) in [6.07, 6.45) is 3.35. The van der Waals surface area contributed by atoms with Gasteiger partial charge in [0.05, 0.1) is 4.83 Å². The molecular weight excluding hydrogens is 206 g/mol. The number of carbonyl (C=O) groups excluding carboxylic acids is 1. The van der Waals surface area contributed by atoms with Gasteiger partial charge in [-0.1, -0.05) is 15.9 Å². The van der Waals surface area contributed by atoms with Crippen molar-refractivity contribution in [3.05, 3.63) is 30.1 Å². The maximum Gasteiger partial charge on any atom is 0.147 e. The van der Waals surface area contributed by atoms with Gasteiger partial charge in [-0.05, 0) is 24.6 Å². The normalized spacial score (nSPS) is 12.5. The summed E-state index contributed by atoms with van der Waals surface area (Å²) in [4.78, 5) is 14.5. The highest BCUT2D eigenvalue weighted by Gasteiger charge is 2.10. The molecule has 3 heteroatoms. The Hall–Kier alpha value is -0.700. The fourth-order valence-corrected chi connectivity index (χ4v) is 1.07. The summed E-state index contributed by atoms with van der Waals surface area (Å²) in [7, 11) is 0. The molecule has 0 N–H and O–H groups in total. The summed E-state index contributed by atoms with van der Waals surface area (Å²) in [6, 6.07) is 3.64. The predicted molar refractivity (Wildman–Crippen MR) is 46.6 cm³/mol. The molecule has 0 saturated heterocycles. The van der Waals surface area contributed by atoms with Crippen molar-refractivity contribution >= 4 is 21.7 Å². The Morgan fingerprint density at radius 1 is 1.55 bits per heavy atom. The first-order chi connectivity index (χ1) is 5.22. The maximum atomic E-state index is 10.9. The Bertz CT molecular complexity index is 248. The van der Waals surface area contributed by atoms with E-state index >= 15 is 0 Å². The summed E-state index contributed by atoms with van der Waals surface area (Å²) in [6.45, 7) is 1.56. The number of hydrogen-bond acceptors (Lipinski definition) is 2. The monoisotopic (exact) mass is 213 g/mol. The van der Waals surface area contributed by atoms with Crippen molar-refractivity contribution in [2.24, 2.45) is 0 Å². The van der Waals surface area contributed by atoms with Crippen LogP contribution in [0.3, 0.4) is 0 Å². The molecule has 1 rings (SSSR count). The van der Waals surface area contributed by atoms with Crippen molar-refractivity contribution in [1.82, 2.24) is 4.98 Å². The molecule has 0 aliphatic heterocycles. The second-order valence-corrected chi connectivity index (χ2v) is 3.17. The molecule has 0 aliphatic rings. The van der Waals surface area contributed by atoms with E-state index < -0.39 is 0 Å². The van der Waals surface area contributed by atoms with E-state index in [9.17, 15) is 4.79 Å². The summed E-state index contributed by atoms with van der Waals surface area (Å²) in [5.74, 6) is 0.108. The van der Waals surface area contributed by atoms with Crippen LogP contribution in [0.25, 0.3) is 0 Å². The number of carbonyl (C=O) groups is 1. The highest BCUT2D eigenvalue weighted by atomic mass is 79.9. The van der Waals surface area contributed by atoms with E-state index in [1.54, 1.807) is 19.3 Å². The Labute approximate surface area is 73.8 Å². The lowest BCUT2D eigenvalue weighted by Crippen LogP contribution is -2.00. The maximum absolute atomic E-state index is 10.9. The zero-order valence-corrected chi connectivity index (χ0v) is 7.71. The van der Waals surface area contributed by atoms with Crippen LogP contribution in [0.15, 0.2) is 24.5 Å². The van der Waals surface area contributed by atoms with Crippen LogP contribution in [0, 0.1) is 0 Å². The lowest BCUT2D eigenvalue weighted by molar-refractivity contribution is -0.116.